The van der Waals surface area contributed by atoms with E-state index in [1.165, 1.54) is 24.6 Å². The number of para-hydroxylation sites is 2. The van der Waals surface area contributed by atoms with Crippen LogP contribution in [-0.2, 0) is 17.5 Å². The van der Waals surface area contributed by atoms with Gasteiger partial charge in [0, 0.05) is 0 Å². The minimum atomic E-state index is -4.49. The van der Waals surface area contributed by atoms with E-state index in [0.29, 0.717) is 22.9 Å². The Hall–Kier alpha value is -3.82. The standard InChI is InChI=1S/C21H18F3N5O2/c22-21(23,24)14-5-3-4-13(10-14)17(11-18(30)26-12-19-25-8-9-31-19)29-20-27-15-6-1-2-7-16(15)28-20/h1-10,17H,11-12H2,(H,26,30)(H2,27,28,29). The molecule has 4 rings (SSSR count). The number of anilines is 1. The lowest BCUT2D eigenvalue weighted by Gasteiger charge is -2.19. The van der Waals surface area contributed by atoms with Gasteiger partial charge in [0.2, 0.25) is 17.7 Å². The molecule has 0 saturated carbocycles. The van der Waals surface area contributed by atoms with Crippen LogP contribution in [0, 0.1) is 0 Å². The van der Waals surface area contributed by atoms with Gasteiger partial charge in [-0.25, -0.2) is 9.97 Å². The van der Waals surface area contributed by atoms with Gasteiger partial charge >= 0.3 is 6.18 Å². The zero-order valence-corrected chi connectivity index (χ0v) is 16.1. The molecular formula is C21H18F3N5O2. The van der Waals surface area contributed by atoms with Crippen molar-refractivity contribution in [3.05, 3.63) is 78.0 Å². The number of carbonyl (C=O) groups is 1. The molecule has 0 aliphatic heterocycles. The van der Waals surface area contributed by atoms with Gasteiger partial charge in [-0.2, -0.15) is 13.2 Å². The van der Waals surface area contributed by atoms with Crippen molar-refractivity contribution in [1.29, 1.82) is 0 Å². The van der Waals surface area contributed by atoms with Gasteiger partial charge in [-0.15, -0.1) is 0 Å². The maximum atomic E-state index is 13.2. The Balaban J connectivity index is 1.57. The topological polar surface area (TPSA) is 95.8 Å². The highest BCUT2D eigenvalue weighted by Crippen LogP contribution is 2.32. The van der Waals surface area contributed by atoms with Gasteiger partial charge in [0.1, 0.15) is 6.26 Å². The third kappa shape index (κ3) is 5.03. The smallest absolute Gasteiger partial charge is 0.416 e. The minimum absolute atomic E-state index is 0.0752. The summed E-state index contributed by atoms with van der Waals surface area (Å²) in [6.45, 7) is 0.0752. The van der Waals surface area contributed by atoms with Gasteiger partial charge in [0.25, 0.3) is 0 Å². The maximum Gasteiger partial charge on any atom is 0.416 e. The maximum absolute atomic E-state index is 13.2. The van der Waals surface area contributed by atoms with Crippen molar-refractivity contribution >= 4 is 22.9 Å². The summed E-state index contributed by atoms with van der Waals surface area (Å²) in [7, 11) is 0. The van der Waals surface area contributed by atoms with Gasteiger partial charge in [0.05, 0.1) is 41.8 Å². The number of hydrogen-bond acceptors (Lipinski definition) is 5. The van der Waals surface area contributed by atoms with E-state index in [1.54, 1.807) is 6.07 Å². The van der Waals surface area contributed by atoms with Crippen molar-refractivity contribution < 1.29 is 22.4 Å². The molecule has 0 aliphatic rings. The predicted molar refractivity (Wildman–Crippen MR) is 107 cm³/mol. The summed E-state index contributed by atoms with van der Waals surface area (Å²) >= 11 is 0. The molecule has 31 heavy (non-hydrogen) atoms. The summed E-state index contributed by atoms with van der Waals surface area (Å²) in [6.07, 6.45) is -1.78. The van der Waals surface area contributed by atoms with Crippen LogP contribution in [0.3, 0.4) is 0 Å². The van der Waals surface area contributed by atoms with Crippen molar-refractivity contribution in [1.82, 2.24) is 20.3 Å². The number of imidazole rings is 1. The molecule has 0 fully saturated rings. The Morgan fingerprint density at radius 3 is 2.74 bits per heavy atom. The van der Waals surface area contributed by atoms with Crippen molar-refractivity contribution in [3.63, 3.8) is 0 Å². The molecule has 0 aliphatic carbocycles. The first-order valence-electron chi connectivity index (χ1n) is 9.42. The second-order valence-electron chi connectivity index (χ2n) is 6.83. The minimum Gasteiger partial charge on any atom is -0.447 e. The molecule has 0 saturated heterocycles. The SMILES string of the molecule is O=C(CC(Nc1nc2ccccc2[nH]1)c1cccc(C(F)(F)F)c1)NCc1ncco1. The molecule has 0 bridgehead atoms. The number of oxazole rings is 1. The van der Waals surface area contributed by atoms with Gasteiger partial charge in [-0.05, 0) is 29.8 Å². The molecule has 1 unspecified atom stereocenters. The van der Waals surface area contributed by atoms with Crippen LogP contribution in [0.1, 0.15) is 29.5 Å². The fraction of sp³-hybridized carbons (Fsp3) is 0.190. The number of rotatable bonds is 7. The molecule has 160 valence electrons. The van der Waals surface area contributed by atoms with E-state index in [4.69, 9.17) is 4.42 Å². The van der Waals surface area contributed by atoms with Gasteiger partial charge in [0.15, 0.2) is 0 Å². The average molecular weight is 429 g/mol. The lowest BCUT2D eigenvalue weighted by molar-refractivity contribution is -0.137. The first kappa shape index (κ1) is 20.5. The summed E-state index contributed by atoms with van der Waals surface area (Å²) in [5.74, 6) is 0.294. The molecule has 1 amide bonds. The van der Waals surface area contributed by atoms with Crippen LogP contribution in [0.25, 0.3) is 11.0 Å². The van der Waals surface area contributed by atoms with E-state index in [0.717, 1.165) is 17.6 Å². The number of aromatic nitrogens is 3. The third-order valence-corrected chi connectivity index (χ3v) is 4.63. The van der Waals surface area contributed by atoms with Crippen LogP contribution in [0.2, 0.25) is 0 Å². The second-order valence-corrected chi connectivity index (χ2v) is 6.83. The largest absolute Gasteiger partial charge is 0.447 e. The first-order valence-corrected chi connectivity index (χ1v) is 9.42. The second kappa shape index (κ2) is 8.50. The average Bonchev–Trinajstić information content (AvgIpc) is 3.40. The highest BCUT2D eigenvalue weighted by molar-refractivity contribution is 5.79. The predicted octanol–water partition coefficient (Wildman–Crippen LogP) is 4.43. The highest BCUT2D eigenvalue weighted by Gasteiger charge is 2.31. The fourth-order valence-electron chi connectivity index (χ4n) is 3.14. The monoisotopic (exact) mass is 429 g/mol. The van der Waals surface area contributed by atoms with Crippen LogP contribution in [0.5, 0.6) is 0 Å². The summed E-state index contributed by atoms with van der Waals surface area (Å²) in [5, 5.41) is 5.71. The van der Waals surface area contributed by atoms with E-state index in [1.807, 2.05) is 18.2 Å². The molecule has 1 atom stereocenters. The molecule has 4 aromatic rings. The van der Waals surface area contributed by atoms with E-state index in [2.05, 4.69) is 25.6 Å². The van der Waals surface area contributed by atoms with E-state index >= 15 is 0 Å². The molecule has 3 N–H and O–H groups in total. The number of aromatic amines is 1. The van der Waals surface area contributed by atoms with Crippen molar-refractivity contribution in [2.75, 3.05) is 5.32 Å². The number of nitrogens with zero attached hydrogens (tertiary/aromatic N) is 2. The number of benzene rings is 2. The van der Waals surface area contributed by atoms with Gasteiger partial charge in [-0.1, -0.05) is 24.3 Å². The highest BCUT2D eigenvalue weighted by atomic mass is 19.4. The molecule has 0 radical (unpaired) electrons. The van der Waals surface area contributed by atoms with Crippen LogP contribution in [0.4, 0.5) is 19.1 Å². The molecule has 2 heterocycles. The van der Waals surface area contributed by atoms with E-state index < -0.39 is 17.8 Å². The number of nitrogens with one attached hydrogen (secondary N) is 3. The van der Waals surface area contributed by atoms with Crippen LogP contribution in [0.15, 0.2) is 65.4 Å². The lowest BCUT2D eigenvalue weighted by Crippen LogP contribution is -2.27. The van der Waals surface area contributed by atoms with E-state index in [9.17, 15) is 18.0 Å². The molecule has 2 aromatic heterocycles. The van der Waals surface area contributed by atoms with Crippen LogP contribution >= 0.6 is 0 Å². The van der Waals surface area contributed by atoms with Gasteiger partial charge < -0.3 is 20.0 Å². The normalized spacial score (nSPS) is 12.6. The number of H-pyrrole nitrogens is 1. The quantitative estimate of drug-likeness (QED) is 0.404. The zero-order chi connectivity index (χ0) is 21.8. The van der Waals surface area contributed by atoms with Crippen molar-refractivity contribution in [2.45, 2.75) is 25.2 Å². The summed E-state index contributed by atoms with van der Waals surface area (Å²) in [5.41, 5.74) is 0.977. The number of amides is 1. The molecule has 0 spiro atoms. The summed E-state index contributed by atoms with van der Waals surface area (Å²) < 4.78 is 44.7. The van der Waals surface area contributed by atoms with Crippen molar-refractivity contribution in [2.24, 2.45) is 0 Å². The van der Waals surface area contributed by atoms with Crippen LogP contribution in [-0.4, -0.2) is 20.9 Å². The molecule has 2 aromatic carbocycles. The zero-order valence-electron chi connectivity index (χ0n) is 16.1. The van der Waals surface area contributed by atoms with E-state index in [-0.39, 0.29) is 18.9 Å². The van der Waals surface area contributed by atoms with Crippen molar-refractivity contribution in [3.8, 4) is 0 Å². The molecule has 10 heteroatoms. The number of carbonyl (C=O) groups excluding carboxylic acids is 1. The Morgan fingerprint density at radius 2 is 2.00 bits per heavy atom. The number of fused-ring (bicyclic) bond motifs is 1. The fourth-order valence-corrected chi connectivity index (χ4v) is 3.14. The molecular weight excluding hydrogens is 411 g/mol. The molecule has 7 nitrogen and oxygen atoms in total. The number of alkyl halides is 3. The Bertz CT molecular complexity index is 1140. The lowest BCUT2D eigenvalue weighted by atomic mass is 10.0. The number of hydrogen-bond donors (Lipinski definition) is 3. The Kier molecular flexibility index (Phi) is 5.61. The summed E-state index contributed by atoms with van der Waals surface area (Å²) in [6, 6.07) is 11.4. The van der Waals surface area contributed by atoms with Crippen LogP contribution < -0.4 is 10.6 Å². The Morgan fingerprint density at radius 1 is 1.16 bits per heavy atom. The Labute approximate surface area is 174 Å². The number of halogens is 3. The summed E-state index contributed by atoms with van der Waals surface area (Å²) in [4.78, 5) is 23.9. The van der Waals surface area contributed by atoms with Gasteiger partial charge in [-0.3, -0.25) is 4.79 Å². The third-order valence-electron chi connectivity index (χ3n) is 4.63. The first-order chi connectivity index (χ1) is 14.9.